The summed E-state index contributed by atoms with van der Waals surface area (Å²) in [6.45, 7) is 0. The topological polar surface area (TPSA) is 13.1 Å². The molecule has 8 aromatic carbocycles. The molecule has 9 aromatic rings. The van der Waals surface area contributed by atoms with Crippen LogP contribution in [0.25, 0.3) is 87.3 Å². The Hall–Kier alpha value is -5.40. The first-order valence-corrected chi connectivity index (χ1v) is 12.8. The average molecular weight is 537 g/mol. The minimum atomic E-state index is -0.656. The molecule has 0 fully saturated rings. The van der Waals surface area contributed by atoms with E-state index in [0.29, 0.717) is 21.5 Å². The first kappa shape index (κ1) is 12.0. The maximum absolute atomic E-state index is 9.46. The van der Waals surface area contributed by atoms with Crippen molar-refractivity contribution in [3.8, 4) is 22.3 Å². The molecule has 0 atom stereocenters. The van der Waals surface area contributed by atoms with Crippen molar-refractivity contribution in [3.05, 3.63) is 145 Å². The van der Waals surface area contributed by atoms with Crippen LogP contribution in [0.2, 0.25) is 0 Å². The van der Waals surface area contributed by atoms with Gasteiger partial charge in [-0.15, -0.1) is 0 Å². The molecule has 41 heavy (non-hydrogen) atoms. The third-order valence-corrected chi connectivity index (χ3v) is 7.47. The van der Waals surface area contributed by atoms with Crippen molar-refractivity contribution in [3.63, 3.8) is 0 Å². The summed E-state index contributed by atoms with van der Waals surface area (Å²) in [5.74, 6) is 0. The third-order valence-electron chi connectivity index (χ3n) is 7.47. The van der Waals surface area contributed by atoms with Crippen LogP contribution in [0.5, 0.6) is 0 Å². The van der Waals surface area contributed by atoms with Crippen LogP contribution in [0.15, 0.2) is 150 Å². The summed E-state index contributed by atoms with van der Waals surface area (Å²) in [4.78, 5) is 0. The average Bonchev–Trinajstić information content (AvgIpc) is 3.58. The largest absolute Gasteiger partial charge is 0.455 e. The zero-order chi connectivity index (χ0) is 40.8. The lowest BCUT2D eigenvalue weighted by atomic mass is 9.87. The van der Waals surface area contributed by atoms with Gasteiger partial charge in [0.25, 0.3) is 0 Å². The van der Waals surface area contributed by atoms with E-state index < -0.39 is 96.7 Å². The number of rotatable bonds is 2. The van der Waals surface area contributed by atoms with Gasteiger partial charge in [0.05, 0.1) is 21.9 Å². The van der Waals surface area contributed by atoms with Crippen LogP contribution >= 0.6 is 0 Å². The predicted molar refractivity (Wildman–Crippen MR) is 175 cm³/mol. The van der Waals surface area contributed by atoms with Gasteiger partial charge in [0.2, 0.25) is 0 Å². The van der Waals surface area contributed by atoms with Crippen LogP contribution in [0, 0.1) is 0 Å². The van der Waals surface area contributed by atoms with Gasteiger partial charge in [-0.25, -0.2) is 0 Å². The van der Waals surface area contributed by atoms with Gasteiger partial charge in [0, 0.05) is 16.3 Å². The van der Waals surface area contributed by atoms with Gasteiger partial charge in [-0.05, 0) is 78.0 Å². The van der Waals surface area contributed by atoms with E-state index in [9.17, 15) is 4.11 Å². The van der Waals surface area contributed by atoms with Gasteiger partial charge in [0.1, 0.15) is 11.2 Å². The molecule has 0 amide bonds. The van der Waals surface area contributed by atoms with Crippen LogP contribution in [0.4, 0.5) is 0 Å². The van der Waals surface area contributed by atoms with Crippen molar-refractivity contribution >= 4 is 65.0 Å². The lowest BCUT2D eigenvalue weighted by molar-refractivity contribution is 0.670. The molecular weight excluding hydrogens is 496 g/mol. The molecule has 190 valence electrons. The Labute approximate surface area is 259 Å². The molecule has 0 saturated heterocycles. The van der Waals surface area contributed by atoms with Gasteiger partial charge < -0.3 is 4.42 Å². The standard InChI is InChI=1S/C40H24O/c1-2-12-26(13-3-1)37-30-17-8-5-15-28(30)24-35-39-33(19-10-20-36(39)41-40(35)37)38-31-18-9-6-14-27(31)23-34-29-16-7-4-11-25(29)21-22-32(34)38/h1-24H/i1D,2D,3D,4D,6D,7D,9D,11D,12D,13D,14D,16D,18D,21D,22D,23D. The van der Waals surface area contributed by atoms with Crippen molar-refractivity contribution in [2.75, 3.05) is 0 Å². The second-order valence-corrected chi connectivity index (χ2v) is 9.63. The van der Waals surface area contributed by atoms with E-state index in [-0.39, 0.29) is 65.7 Å². The fraction of sp³-hybridized carbons (Fsp3) is 0. The second kappa shape index (κ2) is 8.55. The number of hydrogen-bond acceptors (Lipinski definition) is 1. The highest BCUT2D eigenvalue weighted by molar-refractivity contribution is 6.27. The maximum Gasteiger partial charge on any atom is 0.143 e. The van der Waals surface area contributed by atoms with Gasteiger partial charge >= 0.3 is 0 Å². The van der Waals surface area contributed by atoms with Crippen molar-refractivity contribution in [1.29, 1.82) is 0 Å². The second-order valence-electron chi connectivity index (χ2n) is 9.63. The summed E-state index contributed by atoms with van der Waals surface area (Å²) in [5.41, 5.74) is 0.651. The van der Waals surface area contributed by atoms with Crippen LogP contribution in [-0.4, -0.2) is 0 Å². The van der Waals surface area contributed by atoms with Crippen LogP contribution in [0.1, 0.15) is 21.9 Å². The van der Waals surface area contributed by atoms with E-state index in [1.807, 2.05) is 0 Å². The van der Waals surface area contributed by atoms with E-state index in [2.05, 4.69) is 0 Å². The highest BCUT2D eigenvalue weighted by atomic mass is 16.3. The SMILES string of the molecule is [2H]c1c([2H])c([2H])c(-c2c3ccccc3cc3c2oc2cccc(-c4c5c([2H])c([2H])c([2H])c([2H])c5c([2H])c5c4c([2H])c([2H])c4c([2H])c([2H])c([2H])c([2H])c45)c23)c([2H])c1[2H]. The quantitative estimate of drug-likeness (QED) is 0.158. The summed E-state index contributed by atoms with van der Waals surface area (Å²) in [5, 5.41) is 0.438. The Balaban J connectivity index is 1.59. The molecule has 1 aromatic heterocycles. The number of hydrogen-bond donors (Lipinski definition) is 0. The molecule has 0 radical (unpaired) electrons. The highest BCUT2D eigenvalue weighted by Crippen LogP contribution is 2.47. The molecule has 1 nitrogen and oxygen atoms in total. The molecule has 0 aliphatic heterocycles. The Kier molecular flexibility index (Phi) is 2.50. The zero-order valence-corrected chi connectivity index (χ0v) is 21.0. The fourth-order valence-corrected chi connectivity index (χ4v) is 5.79. The van der Waals surface area contributed by atoms with Gasteiger partial charge in [0.15, 0.2) is 0 Å². The summed E-state index contributed by atoms with van der Waals surface area (Å²) in [7, 11) is 0. The Morgan fingerprint density at radius 1 is 0.488 bits per heavy atom. The van der Waals surface area contributed by atoms with Crippen molar-refractivity contribution < 1.29 is 26.3 Å². The van der Waals surface area contributed by atoms with E-state index >= 15 is 0 Å². The normalized spacial score (nSPS) is 17.4. The third kappa shape index (κ3) is 3.24. The summed E-state index contributed by atoms with van der Waals surface area (Å²) < 4.78 is 147. The van der Waals surface area contributed by atoms with Gasteiger partial charge in [-0.3, -0.25) is 0 Å². The Morgan fingerprint density at radius 3 is 2.17 bits per heavy atom. The maximum atomic E-state index is 9.46. The smallest absolute Gasteiger partial charge is 0.143 e. The monoisotopic (exact) mass is 536 g/mol. The van der Waals surface area contributed by atoms with Crippen molar-refractivity contribution in [1.82, 2.24) is 0 Å². The van der Waals surface area contributed by atoms with Crippen molar-refractivity contribution in [2.24, 2.45) is 0 Å². The van der Waals surface area contributed by atoms with Crippen LogP contribution in [0.3, 0.4) is 0 Å². The molecule has 9 rings (SSSR count). The van der Waals surface area contributed by atoms with Gasteiger partial charge in [-0.2, -0.15) is 0 Å². The first-order chi connectivity index (χ1) is 27.0. The minimum Gasteiger partial charge on any atom is -0.455 e. The van der Waals surface area contributed by atoms with Crippen LogP contribution in [-0.2, 0) is 0 Å². The minimum absolute atomic E-state index is 0.0124. The molecule has 0 aliphatic rings. The molecule has 0 spiro atoms. The van der Waals surface area contributed by atoms with E-state index in [0.717, 1.165) is 0 Å². The molecule has 1 heterocycles. The molecule has 0 aliphatic carbocycles. The highest BCUT2D eigenvalue weighted by Gasteiger charge is 2.21. The van der Waals surface area contributed by atoms with E-state index in [1.165, 1.54) is 0 Å². The van der Waals surface area contributed by atoms with Gasteiger partial charge in [-0.1, -0.05) is 127 Å². The molecule has 0 unspecified atom stereocenters. The Bertz CT molecular complexity index is 3340. The molecule has 0 saturated carbocycles. The van der Waals surface area contributed by atoms with Crippen molar-refractivity contribution in [2.45, 2.75) is 0 Å². The fourth-order valence-electron chi connectivity index (χ4n) is 5.79. The lowest BCUT2D eigenvalue weighted by Crippen LogP contribution is -1.88. The zero-order valence-electron chi connectivity index (χ0n) is 37.0. The molecule has 0 N–H and O–H groups in total. The Morgan fingerprint density at radius 2 is 1.27 bits per heavy atom. The summed E-state index contributed by atoms with van der Waals surface area (Å²) >= 11 is 0. The number of fused-ring (bicyclic) bond motifs is 8. The predicted octanol–water partition coefficient (Wildman–Crippen LogP) is 11.5. The number of benzene rings is 8. The van der Waals surface area contributed by atoms with E-state index in [4.69, 9.17) is 22.2 Å². The molecular formula is C40H24O. The summed E-state index contributed by atoms with van der Waals surface area (Å²) in [6, 6.07) is 4.47. The molecule has 0 bridgehead atoms. The first-order valence-electron chi connectivity index (χ1n) is 20.8. The number of furan rings is 1. The molecule has 1 heteroatoms. The van der Waals surface area contributed by atoms with E-state index in [1.54, 1.807) is 48.5 Å². The summed E-state index contributed by atoms with van der Waals surface area (Å²) in [6.07, 6.45) is 0. The van der Waals surface area contributed by atoms with Crippen LogP contribution < -0.4 is 0 Å². The lowest BCUT2D eigenvalue weighted by Gasteiger charge is -2.15.